The molecular formula is C21H24N4O2S. The normalized spacial score (nSPS) is 17.5. The summed E-state index contributed by atoms with van der Waals surface area (Å²) >= 11 is 1.59. The fraction of sp³-hybridized carbons (Fsp3) is 0.381. The Bertz CT molecular complexity index is 922. The van der Waals surface area contributed by atoms with Gasteiger partial charge in [-0.05, 0) is 43.3 Å². The van der Waals surface area contributed by atoms with Crippen LogP contribution in [-0.4, -0.2) is 34.0 Å². The number of hydrogen-bond donors (Lipinski definition) is 1. The van der Waals surface area contributed by atoms with E-state index in [1.54, 1.807) is 11.3 Å². The van der Waals surface area contributed by atoms with E-state index in [9.17, 15) is 4.79 Å². The molecule has 0 aliphatic carbocycles. The smallest absolute Gasteiger partial charge is 0.241 e. The van der Waals surface area contributed by atoms with Crippen LogP contribution in [0, 0.1) is 12.8 Å². The first-order valence-electron chi connectivity index (χ1n) is 9.59. The fourth-order valence-corrected chi connectivity index (χ4v) is 4.23. The summed E-state index contributed by atoms with van der Waals surface area (Å²) in [7, 11) is 0. The molecular weight excluding hydrogens is 372 g/mol. The van der Waals surface area contributed by atoms with Crippen LogP contribution in [0.5, 0.6) is 0 Å². The second-order valence-electron chi connectivity index (χ2n) is 7.27. The highest BCUT2D eigenvalue weighted by Crippen LogP contribution is 2.23. The number of benzene rings is 1. The van der Waals surface area contributed by atoms with Crippen molar-refractivity contribution in [1.29, 1.82) is 0 Å². The van der Waals surface area contributed by atoms with Gasteiger partial charge in [0.05, 0.1) is 17.3 Å². The summed E-state index contributed by atoms with van der Waals surface area (Å²) in [5, 5.41) is 9.15. The minimum atomic E-state index is -0.00162. The van der Waals surface area contributed by atoms with Crippen molar-refractivity contribution < 1.29 is 9.32 Å². The van der Waals surface area contributed by atoms with E-state index in [2.05, 4.69) is 39.4 Å². The number of likely N-dealkylation sites (tertiary alicyclic amines) is 1. The highest BCUT2D eigenvalue weighted by molar-refractivity contribution is 7.13. The molecule has 1 unspecified atom stereocenters. The molecule has 0 spiro atoms. The molecule has 0 bridgehead atoms. The fourth-order valence-electron chi connectivity index (χ4n) is 3.59. The lowest BCUT2D eigenvalue weighted by Gasteiger charge is -2.30. The molecule has 1 atom stereocenters. The van der Waals surface area contributed by atoms with E-state index in [0.29, 0.717) is 24.8 Å². The largest absolute Gasteiger partial charge is 0.352 e. The van der Waals surface area contributed by atoms with E-state index in [0.717, 1.165) is 36.4 Å². The molecule has 1 aliphatic heterocycles. The van der Waals surface area contributed by atoms with E-state index in [4.69, 9.17) is 4.52 Å². The molecule has 4 rings (SSSR count). The molecule has 3 heterocycles. The predicted octanol–water partition coefficient (Wildman–Crippen LogP) is 3.63. The molecule has 1 fully saturated rings. The SMILES string of the molecule is Cc1cccc(CNC(=O)C2CCCN(Cc3nc(-c4cccs4)no3)C2)c1. The molecule has 28 heavy (non-hydrogen) atoms. The van der Waals surface area contributed by atoms with Crippen LogP contribution in [0.1, 0.15) is 29.9 Å². The minimum absolute atomic E-state index is 0.00162. The second-order valence-corrected chi connectivity index (χ2v) is 8.22. The summed E-state index contributed by atoms with van der Waals surface area (Å²) in [6.45, 7) is 4.88. The summed E-state index contributed by atoms with van der Waals surface area (Å²) in [6, 6.07) is 12.2. The number of aryl methyl sites for hydroxylation is 1. The molecule has 2 aromatic heterocycles. The molecule has 0 saturated carbocycles. The van der Waals surface area contributed by atoms with Crippen molar-refractivity contribution in [2.75, 3.05) is 13.1 Å². The van der Waals surface area contributed by atoms with Crippen molar-refractivity contribution in [3.05, 3.63) is 58.8 Å². The Morgan fingerprint density at radius 2 is 2.29 bits per heavy atom. The number of amides is 1. The molecule has 6 nitrogen and oxygen atoms in total. The van der Waals surface area contributed by atoms with Crippen LogP contribution >= 0.6 is 11.3 Å². The topological polar surface area (TPSA) is 71.3 Å². The molecule has 3 aromatic rings. The van der Waals surface area contributed by atoms with Gasteiger partial charge in [-0.2, -0.15) is 4.98 Å². The number of carbonyl (C=O) groups excluding carboxylic acids is 1. The Morgan fingerprint density at radius 1 is 1.36 bits per heavy atom. The molecule has 1 amide bonds. The first-order valence-corrected chi connectivity index (χ1v) is 10.5. The van der Waals surface area contributed by atoms with Crippen molar-refractivity contribution in [2.45, 2.75) is 32.9 Å². The van der Waals surface area contributed by atoms with Crippen LogP contribution < -0.4 is 5.32 Å². The van der Waals surface area contributed by atoms with Gasteiger partial charge in [-0.3, -0.25) is 9.69 Å². The molecule has 1 aliphatic rings. The van der Waals surface area contributed by atoms with E-state index in [1.807, 2.05) is 29.6 Å². The predicted molar refractivity (Wildman–Crippen MR) is 109 cm³/mol. The zero-order valence-electron chi connectivity index (χ0n) is 15.9. The first-order chi connectivity index (χ1) is 13.7. The highest BCUT2D eigenvalue weighted by atomic mass is 32.1. The Hall–Kier alpha value is -2.51. The molecule has 1 N–H and O–H groups in total. The van der Waals surface area contributed by atoms with E-state index in [1.165, 1.54) is 5.56 Å². The van der Waals surface area contributed by atoms with Crippen LogP contribution in [0.25, 0.3) is 10.7 Å². The van der Waals surface area contributed by atoms with Gasteiger partial charge in [0.2, 0.25) is 17.6 Å². The van der Waals surface area contributed by atoms with Gasteiger partial charge in [-0.25, -0.2) is 0 Å². The Kier molecular flexibility index (Phi) is 5.83. The second kappa shape index (κ2) is 8.67. The molecule has 7 heteroatoms. The number of thiophene rings is 1. The summed E-state index contributed by atoms with van der Waals surface area (Å²) in [5.74, 6) is 1.35. The molecule has 0 radical (unpaired) electrons. The summed E-state index contributed by atoms with van der Waals surface area (Å²) < 4.78 is 5.41. The zero-order valence-corrected chi connectivity index (χ0v) is 16.7. The van der Waals surface area contributed by atoms with E-state index < -0.39 is 0 Å². The Morgan fingerprint density at radius 3 is 3.11 bits per heavy atom. The van der Waals surface area contributed by atoms with Gasteiger partial charge in [0.15, 0.2) is 0 Å². The highest BCUT2D eigenvalue weighted by Gasteiger charge is 2.26. The molecule has 146 valence electrons. The number of hydrogen-bond acceptors (Lipinski definition) is 6. The van der Waals surface area contributed by atoms with E-state index in [-0.39, 0.29) is 11.8 Å². The first kappa shape index (κ1) is 18.8. The number of carbonyl (C=O) groups is 1. The van der Waals surface area contributed by atoms with Crippen molar-refractivity contribution >= 4 is 17.2 Å². The monoisotopic (exact) mass is 396 g/mol. The van der Waals surface area contributed by atoms with Crippen LogP contribution in [0.15, 0.2) is 46.3 Å². The maximum absolute atomic E-state index is 12.6. The average molecular weight is 397 g/mol. The third kappa shape index (κ3) is 4.66. The van der Waals surface area contributed by atoms with Gasteiger partial charge >= 0.3 is 0 Å². The quantitative estimate of drug-likeness (QED) is 0.689. The van der Waals surface area contributed by atoms with Crippen LogP contribution in [0.2, 0.25) is 0 Å². The minimum Gasteiger partial charge on any atom is -0.352 e. The van der Waals surface area contributed by atoms with Gasteiger partial charge in [0.25, 0.3) is 0 Å². The summed E-state index contributed by atoms with van der Waals surface area (Å²) in [5.41, 5.74) is 2.34. The number of rotatable bonds is 6. The van der Waals surface area contributed by atoms with E-state index >= 15 is 0 Å². The van der Waals surface area contributed by atoms with Crippen molar-refractivity contribution in [1.82, 2.24) is 20.4 Å². The summed E-state index contributed by atoms with van der Waals surface area (Å²) in [4.78, 5) is 20.3. The standard InChI is InChI=1S/C21H24N4O2S/c1-15-5-2-6-16(11-15)12-22-21(26)17-7-3-9-25(13-17)14-19-23-20(24-27-19)18-8-4-10-28-18/h2,4-6,8,10-11,17H,3,7,9,12-14H2,1H3,(H,22,26). The van der Waals surface area contributed by atoms with Crippen LogP contribution in [-0.2, 0) is 17.9 Å². The zero-order chi connectivity index (χ0) is 19.3. The van der Waals surface area contributed by atoms with Gasteiger partial charge in [-0.1, -0.05) is 41.1 Å². The average Bonchev–Trinajstić information content (AvgIpc) is 3.38. The summed E-state index contributed by atoms with van der Waals surface area (Å²) in [6.07, 6.45) is 1.91. The lowest BCUT2D eigenvalue weighted by molar-refractivity contribution is -0.127. The Labute approximate surface area is 168 Å². The van der Waals surface area contributed by atoms with Crippen LogP contribution in [0.4, 0.5) is 0 Å². The molecule has 1 saturated heterocycles. The van der Waals surface area contributed by atoms with Gasteiger partial charge < -0.3 is 9.84 Å². The maximum Gasteiger partial charge on any atom is 0.241 e. The lowest BCUT2D eigenvalue weighted by Crippen LogP contribution is -2.42. The third-order valence-electron chi connectivity index (χ3n) is 4.99. The van der Waals surface area contributed by atoms with Gasteiger partial charge in [-0.15, -0.1) is 11.3 Å². The van der Waals surface area contributed by atoms with Crippen molar-refractivity contribution in [3.8, 4) is 10.7 Å². The number of aromatic nitrogens is 2. The maximum atomic E-state index is 12.6. The number of nitrogens with zero attached hydrogens (tertiary/aromatic N) is 3. The Balaban J connectivity index is 1.30. The van der Waals surface area contributed by atoms with Crippen molar-refractivity contribution in [2.24, 2.45) is 5.92 Å². The van der Waals surface area contributed by atoms with Crippen molar-refractivity contribution in [3.63, 3.8) is 0 Å². The number of piperidine rings is 1. The van der Waals surface area contributed by atoms with Gasteiger partial charge in [0.1, 0.15) is 0 Å². The third-order valence-corrected chi connectivity index (χ3v) is 5.86. The number of nitrogens with one attached hydrogen (secondary N) is 1. The van der Waals surface area contributed by atoms with Gasteiger partial charge in [0, 0.05) is 13.1 Å². The molecule has 1 aromatic carbocycles. The lowest BCUT2D eigenvalue weighted by atomic mass is 9.97. The van der Waals surface area contributed by atoms with Crippen LogP contribution in [0.3, 0.4) is 0 Å².